The fraction of sp³-hybridized carbons (Fsp3) is 0.429. The minimum Gasteiger partial charge on any atom is -0.309 e. The summed E-state index contributed by atoms with van der Waals surface area (Å²) < 4.78 is 23.9. The Bertz CT molecular complexity index is 537. The van der Waals surface area contributed by atoms with Crippen LogP contribution < -0.4 is 0 Å². The zero-order valence-electron chi connectivity index (χ0n) is 11.7. The van der Waals surface area contributed by atoms with Gasteiger partial charge in [0.15, 0.2) is 0 Å². The third kappa shape index (κ3) is 2.68. The monoisotopic (exact) mass is 298 g/mol. The minimum atomic E-state index is -3.23. The SMILES string of the molecule is CCSC1=C(c2ccccc2)P(=O)(OC)OC1(C)C. The first-order valence-corrected chi connectivity index (χ1v) is 8.77. The molecule has 2 rings (SSSR count). The van der Waals surface area contributed by atoms with Crippen LogP contribution in [0.2, 0.25) is 0 Å². The van der Waals surface area contributed by atoms with Gasteiger partial charge in [0, 0.05) is 12.0 Å². The zero-order chi connectivity index (χ0) is 14.1. The van der Waals surface area contributed by atoms with E-state index < -0.39 is 13.2 Å². The topological polar surface area (TPSA) is 35.5 Å². The van der Waals surface area contributed by atoms with Crippen molar-refractivity contribution >= 4 is 24.7 Å². The van der Waals surface area contributed by atoms with E-state index in [4.69, 9.17) is 9.05 Å². The first-order valence-electron chi connectivity index (χ1n) is 6.24. The smallest absolute Gasteiger partial charge is 0.309 e. The van der Waals surface area contributed by atoms with Gasteiger partial charge in [-0.15, -0.1) is 11.8 Å². The number of rotatable bonds is 4. The molecule has 1 aliphatic heterocycles. The van der Waals surface area contributed by atoms with Crippen molar-refractivity contribution in [2.45, 2.75) is 26.4 Å². The number of benzene rings is 1. The maximum atomic E-state index is 12.9. The van der Waals surface area contributed by atoms with E-state index in [1.54, 1.807) is 11.8 Å². The molecule has 1 aromatic carbocycles. The molecule has 0 spiro atoms. The molecule has 19 heavy (non-hydrogen) atoms. The van der Waals surface area contributed by atoms with Crippen LogP contribution in [0.25, 0.3) is 5.31 Å². The van der Waals surface area contributed by atoms with Crippen LogP contribution in [0.4, 0.5) is 0 Å². The van der Waals surface area contributed by atoms with Crippen molar-refractivity contribution in [1.29, 1.82) is 0 Å². The Morgan fingerprint density at radius 1 is 1.32 bits per heavy atom. The Morgan fingerprint density at radius 3 is 2.47 bits per heavy atom. The highest BCUT2D eigenvalue weighted by Crippen LogP contribution is 2.71. The van der Waals surface area contributed by atoms with Gasteiger partial charge in [-0.05, 0) is 25.2 Å². The van der Waals surface area contributed by atoms with Crippen molar-refractivity contribution in [3.05, 3.63) is 40.8 Å². The maximum Gasteiger partial charge on any atom is 0.363 e. The van der Waals surface area contributed by atoms with Crippen LogP contribution in [0, 0.1) is 0 Å². The molecule has 0 fully saturated rings. The lowest BCUT2D eigenvalue weighted by Gasteiger charge is -2.21. The van der Waals surface area contributed by atoms with E-state index in [0.717, 1.165) is 16.2 Å². The summed E-state index contributed by atoms with van der Waals surface area (Å²) in [5.74, 6) is 0.905. The van der Waals surface area contributed by atoms with E-state index in [9.17, 15) is 4.57 Å². The molecule has 0 aromatic heterocycles. The summed E-state index contributed by atoms with van der Waals surface area (Å²) in [6.45, 7) is 5.95. The molecule has 1 aliphatic rings. The Kier molecular flexibility index (Phi) is 4.26. The summed E-state index contributed by atoms with van der Waals surface area (Å²) in [6, 6.07) is 9.70. The van der Waals surface area contributed by atoms with Gasteiger partial charge < -0.3 is 4.52 Å². The molecule has 0 radical (unpaired) electrons. The van der Waals surface area contributed by atoms with Gasteiger partial charge in [0.05, 0.1) is 5.31 Å². The van der Waals surface area contributed by atoms with E-state index in [1.807, 2.05) is 44.2 Å². The molecule has 1 aromatic rings. The van der Waals surface area contributed by atoms with Gasteiger partial charge in [-0.1, -0.05) is 37.3 Å². The first-order chi connectivity index (χ1) is 8.94. The summed E-state index contributed by atoms with van der Waals surface area (Å²) in [6.07, 6.45) is 0. The normalized spacial score (nSPS) is 25.9. The molecular weight excluding hydrogens is 279 g/mol. The molecule has 1 atom stereocenters. The average Bonchev–Trinajstić information content (AvgIpc) is 2.58. The largest absolute Gasteiger partial charge is 0.363 e. The molecule has 3 nitrogen and oxygen atoms in total. The highest BCUT2D eigenvalue weighted by atomic mass is 32.2. The van der Waals surface area contributed by atoms with Crippen molar-refractivity contribution in [2.75, 3.05) is 12.9 Å². The zero-order valence-corrected chi connectivity index (χ0v) is 13.4. The average molecular weight is 298 g/mol. The summed E-state index contributed by atoms with van der Waals surface area (Å²) >= 11 is 1.67. The van der Waals surface area contributed by atoms with Crippen LogP contribution in [0.5, 0.6) is 0 Å². The molecule has 0 N–H and O–H groups in total. The third-order valence-corrected chi connectivity index (χ3v) is 6.59. The fourth-order valence-corrected chi connectivity index (χ4v) is 5.74. The van der Waals surface area contributed by atoms with Gasteiger partial charge >= 0.3 is 7.60 Å². The molecular formula is C14H19O3PS. The molecule has 0 amide bonds. The van der Waals surface area contributed by atoms with Crippen molar-refractivity contribution in [3.8, 4) is 0 Å². The Labute approximate surface area is 118 Å². The second-order valence-corrected chi connectivity index (χ2v) is 8.02. The standard InChI is InChI=1S/C14H19O3PS/c1-5-19-13-12(11-9-7-6-8-10-11)18(15,16-4)17-14(13,2)3/h6-10H,5H2,1-4H3. The van der Waals surface area contributed by atoms with Crippen LogP contribution in [-0.4, -0.2) is 18.5 Å². The number of thioether (sulfide) groups is 1. The molecule has 0 saturated carbocycles. The lowest BCUT2D eigenvalue weighted by atomic mass is 10.1. The van der Waals surface area contributed by atoms with Crippen molar-refractivity contribution in [1.82, 2.24) is 0 Å². The predicted octanol–water partition coefficient (Wildman–Crippen LogP) is 4.76. The lowest BCUT2D eigenvalue weighted by molar-refractivity contribution is 0.142. The molecule has 0 saturated heterocycles. The van der Waals surface area contributed by atoms with Crippen molar-refractivity contribution in [2.24, 2.45) is 0 Å². The second-order valence-electron chi connectivity index (χ2n) is 4.76. The van der Waals surface area contributed by atoms with Gasteiger partial charge in [-0.25, -0.2) is 0 Å². The van der Waals surface area contributed by atoms with Crippen LogP contribution in [0.15, 0.2) is 35.2 Å². The first kappa shape index (κ1) is 14.9. The van der Waals surface area contributed by atoms with E-state index in [2.05, 4.69) is 6.92 Å². The predicted molar refractivity (Wildman–Crippen MR) is 81.3 cm³/mol. The third-order valence-electron chi connectivity index (χ3n) is 2.96. The Balaban J connectivity index is 2.65. The maximum absolute atomic E-state index is 12.9. The van der Waals surface area contributed by atoms with Crippen molar-refractivity contribution < 1.29 is 13.6 Å². The molecule has 1 heterocycles. The molecule has 0 bridgehead atoms. The Hall–Kier alpha value is -0.540. The van der Waals surface area contributed by atoms with Crippen LogP contribution in [-0.2, 0) is 13.6 Å². The van der Waals surface area contributed by atoms with E-state index in [1.165, 1.54) is 7.11 Å². The molecule has 1 unspecified atom stereocenters. The Morgan fingerprint density at radius 2 is 1.95 bits per heavy atom. The summed E-state index contributed by atoms with van der Waals surface area (Å²) in [4.78, 5) is 1.01. The van der Waals surface area contributed by atoms with Crippen LogP contribution in [0.3, 0.4) is 0 Å². The highest BCUT2D eigenvalue weighted by Gasteiger charge is 2.49. The molecule has 0 aliphatic carbocycles. The fourth-order valence-electron chi connectivity index (χ4n) is 2.20. The summed E-state index contributed by atoms with van der Waals surface area (Å²) in [5, 5.41) is 0.715. The van der Waals surface area contributed by atoms with Gasteiger partial charge in [-0.2, -0.15) is 0 Å². The lowest BCUT2D eigenvalue weighted by Crippen LogP contribution is -2.19. The second kappa shape index (κ2) is 5.45. The summed E-state index contributed by atoms with van der Waals surface area (Å²) in [7, 11) is -1.79. The van der Waals surface area contributed by atoms with Crippen LogP contribution in [0.1, 0.15) is 26.3 Å². The van der Waals surface area contributed by atoms with Gasteiger partial charge in [0.2, 0.25) is 0 Å². The van der Waals surface area contributed by atoms with Gasteiger partial charge in [-0.3, -0.25) is 9.09 Å². The number of hydrogen-bond donors (Lipinski definition) is 0. The molecule has 104 valence electrons. The summed E-state index contributed by atoms with van der Waals surface area (Å²) in [5.41, 5.74) is 0.339. The molecule has 5 heteroatoms. The van der Waals surface area contributed by atoms with E-state index >= 15 is 0 Å². The number of hydrogen-bond acceptors (Lipinski definition) is 4. The van der Waals surface area contributed by atoms with E-state index in [0.29, 0.717) is 5.31 Å². The van der Waals surface area contributed by atoms with Crippen LogP contribution >= 0.6 is 19.4 Å². The highest BCUT2D eigenvalue weighted by molar-refractivity contribution is 8.04. The van der Waals surface area contributed by atoms with Gasteiger partial charge in [0.25, 0.3) is 0 Å². The minimum absolute atomic E-state index is 0.572. The van der Waals surface area contributed by atoms with Gasteiger partial charge in [0.1, 0.15) is 5.60 Å². The quantitative estimate of drug-likeness (QED) is 0.751. The van der Waals surface area contributed by atoms with Crippen molar-refractivity contribution in [3.63, 3.8) is 0 Å². The van der Waals surface area contributed by atoms with E-state index in [-0.39, 0.29) is 0 Å².